The number of fused-ring (bicyclic) bond motifs is 1. The number of non-ortho nitro benzene ring substituents is 1. The molecule has 0 saturated heterocycles. The van der Waals surface area contributed by atoms with E-state index in [0.717, 1.165) is 10.8 Å². The van der Waals surface area contributed by atoms with Crippen LogP contribution in [0.2, 0.25) is 0 Å². The number of nitrogens with zero attached hydrogens (tertiary/aromatic N) is 2. The lowest BCUT2D eigenvalue weighted by Crippen LogP contribution is -2.14. The number of amides is 1. The first-order chi connectivity index (χ1) is 17.4. The molecule has 0 bridgehead atoms. The number of hydrogen-bond acceptors (Lipinski definition) is 6. The highest BCUT2D eigenvalue weighted by Crippen LogP contribution is 2.24. The van der Waals surface area contributed by atoms with E-state index in [1.807, 2.05) is 36.4 Å². The number of nitriles is 1. The van der Waals surface area contributed by atoms with Crippen LogP contribution in [0.25, 0.3) is 16.8 Å². The van der Waals surface area contributed by atoms with Crippen LogP contribution in [-0.4, -0.2) is 16.8 Å². The summed E-state index contributed by atoms with van der Waals surface area (Å²) in [6.07, 6.45) is 1.37. The topological polar surface area (TPSA) is 122 Å². The van der Waals surface area contributed by atoms with E-state index < -0.39 is 16.8 Å². The molecule has 1 N–H and O–H groups in total. The summed E-state index contributed by atoms with van der Waals surface area (Å²) in [5.41, 5.74) is 1.46. The highest BCUT2D eigenvalue weighted by Gasteiger charge is 2.15. The lowest BCUT2D eigenvalue weighted by atomic mass is 10.0. The van der Waals surface area contributed by atoms with E-state index >= 15 is 0 Å². The maximum Gasteiger partial charge on any atom is 0.344 e. The predicted molar refractivity (Wildman–Crippen MR) is 135 cm³/mol. The van der Waals surface area contributed by atoms with Crippen molar-refractivity contribution in [2.75, 3.05) is 5.32 Å². The van der Waals surface area contributed by atoms with Crippen molar-refractivity contribution in [3.05, 3.63) is 117 Å². The lowest BCUT2D eigenvalue weighted by molar-refractivity contribution is -0.384. The quantitative estimate of drug-likeness (QED) is 0.0932. The molecule has 1 amide bonds. The predicted octanol–water partition coefficient (Wildman–Crippen LogP) is 5.82. The molecule has 0 fully saturated rings. The Morgan fingerprint density at radius 1 is 1.00 bits per heavy atom. The minimum Gasteiger partial charge on any atom is -0.423 e. The highest BCUT2D eigenvalue weighted by molar-refractivity contribution is 6.10. The van der Waals surface area contributed by atoms with Crippen LogP contribution in [0, 0.1) is 28.4 Å². The standard InChI is InChI=1S/C28H19N3O5/c1-18-9-12-22(31(34)35)16-26(18)30-27(32)21(17-29)15-19-10-13-23(14-11-19)36-28(33)25-8-4-6-20-5-2-3-7-24(20)25/h2-16H,1H3,(H,30,32)/b21-15+. The molecular weight excluding hydrogens is 458 g/mol. The van der Waals surface area contributed by atoms with Gasteiger partial charge in [0.2, 0.25) is 0 Å². The molecule has 0 atom stereocenters. The molecule has 0 unspecified atom stereocenters. The number of nitro benzene ring substituents is 1. The number of rotatable bonds is 6. The van der Waals surface area contributed by atoms with Crippen LogP contribution in [0.5, 0.6) is 5.75 Å². The summed E-state index contributed by atoms with van der Waals surface area (Å²) >= 11 is 0. The molecule has 36 heavy (non-hydrogen) atoms. The van der Waals surface area contributed by atoms with E-state index in [4.69, 9.17) is 4.74 Å². The number of nitro groups is 1. The van der Waals surface area contributed by atoms with Crippen molar-refractivity contribution in [3.63, 3.8) is 0 Å². The van der Waals surface area contributed by atoms with Crippen LogP contribution < -0.4 is 10.1 Å². The number of carbonyl (C=O) groups is 2. The third kappa shape index (κ3) is 5.26. The van der Waals surface area contributed by atoms with Gasteiger partial charge in [0, 0.05) is 12.1 Å². The van der Waals surface area contributed by atoms with Crippen molar-refractivity contribution in [1.29, 1.82) is 5.26 Å². The molecule has 0 aromatic heterocycles. The average molecular weight is 477 g/mol. The second kappa shape index (κ2) is 10.3. The zero-order valence-corrected chi connectivity index (χ0v) is 19.1. The number of carbonyl (C=O) groups excluding carboxylic acids is 2. The van der Waals surface area contributed by atoms with Gasteiger partial charge in [0.25, 0.3) is 11.6 Å². The molecule has 8 nitrogen and oxygen atoms in total. The molecular formula is C28H19N3O5. The van der Waals surface area contributed by atoms with Crippen LogP contribution in [0.1, 0.15) is 21.5 Å². The van der Waals surface area contributed by atoms with Crippen molar-refractivity contribution in [1.82, 2.24) is 0 Å². The van der Waals surface area contributed by atoms with E-state index in [1.165, 1.54) is 24.3 Å². The van der Waals surface area contributed by atoms with Crippen LogP contribution in [0.15, 0.2) is 90.5 Å². The van der Waals surface area contributed by atoms with Gasteiger partial charge in [0.15, 0.2) is 0 Å². The number of aryl methyl sites for hydroxylation is 1. The number of ether oxygens (including phenoxy) is 1. The summed E-state index contributed by atoms with van der Waals surface area (Å²) in [5, 5.41) is 24.7. The van der Waals surface area contributed by atoms with E-state index in [2.05, 4.69) is 5.32 Å². The van der Waals surface area contributed by atoms with E-state index in [-0.39, 0.29) is 16.9 Å². The Kier molecular flexibility index (Phi) is 6.84. The number of esters is 1. The zero-order chi connectivity index (χ0) is 25.7. The molecule has 176 valence electrons. The first kappa shape index (κ1) is 23.9. The summed E-state index contributed by atoms with van der Waals surface area (Å²) < 4.78 is 5.51. The Labute approximate surface area is 206 Å². The molecule has 4 aromatic rings. The molecule has 4 rings (SSSR count). The molecule has 8 heteroatoms. The summed E-state index contributed by atoms with van der Waals surface area (Å²) in [5.74, 6) is -0.896. The van der Waals surface area contributed by atoms with Crippen molar-refractivity contribution in [3.8, 4) is 11.8 Å². The number of benzene rings is 4. The van der Waals surface area contributed by atoms with Crippen LogP contribution in [-0.2, 0) is 4.79 Å². The van der Waals surface area contributed by atoms with Crippen molar-refractivity contribution >= 4 is 40.1 Å². The average Bonchev–Trinajstić information content (AvgIpc) is 2.88. The van der Waals surface area contributed by atoms with Gasteiger partial charge in [-0.25, -0.2) is 4.79 Å². The lowest BCUT2D eigenvalue weighted by Gasteiger charge is -2.08. The molecule has 0 heterocycles. The van der Waals surface area contributed by atoms with Gasteiger partial charge in [-0.15, -0.1) is 0 Å². The Bertz CT molecular complexity index is 1560. The van der Waals surface area contributed by atoms with E-state index in [0.29, 0.717) is 22.4 Å². The van der Waals surface area contributed by atoms with Gasteiger partial charge in [-0.3, -0.25) is 14.9 Å². The minimum atomic E-state index is -0.701. The van der Waals surface area contributed by atoms with Gasteiger partial charge in [-0.2, -0.15) is 5.26 Å². The monoisotopic (exact) mass is 477 g/mol. The third-order valence-corrected chi connectivity index (χ3v) is 5.46. The fourth-order valence-electron chi connectivity index (χ4n) is 3.56. The third-order valence-electron chi connectivity index (χ3n) is 5.46. The van der Waals surface area contributed by atoms with Gasteiger partial charge >= 0.3 is 5.97 Å². The second-order valence-corrected chi connectivity index (χ2v) is 7.87. The Morgan fingerprint density at radius 3 is 2.44 bits per heavy atom. The summed E-state index contributed by atoms with van der Waals surface area (Å²) in [6.45, 7) is 1.69. The maximum absolute atomic E-state index is 12.7. The SMILES string of the molecule is Cc1ccc([N+](=O)[O-])cc1NC(=O)/C(C#N)=C/c1ccc(OC(=O)c2cccc3ccccc23)cc1. The molecule has 0 radical (unpaired) electrons. The Balaban J connectivity index is 1.49. The van der Waals surface area contributed by atoms with Crippen LogP contribution in [0.4, 0.5) is 11.4 Å². The van der Waals surface area contributed by atoms with Crippen LogP contribution >= 0.6 is 0 Å². The Morgan fingerprint density at radius 2 is 1.72 bits per heavy atom. The number of nitrogens with one attached hydrogen (secondary N) is 1. The van der Waals surface area contributed by atoms with Gasteiger partial charge < -0.3 is 10.1 Å². The fraction of sp³-hybridized carbons (Fsp3) is 0.0357. The summed E-state index contributed by atoms with van der Waals surface area (Å²) in [7, 11) is 0. The first-order valence-electron chi connectivity index (χ1n) is 10.8. The van der Waals surface area contributed by atoms with Gasteiger partial charge in [0.1, 0.15) is 17.4 Å². The molecule has 4 aromatic carbocycles. The molecule has 0 aliphatic carbocycles. The second-order valence-electron chi connectivity index (χ2n) is 7.87. The zero-order valence-electron chi connectivity index (χ0n) is 19.1. The van der Waals surface area contributed by atoms with Crippen LogP contribution in [0.3, 0.4) is 0 Å². The molecule has 0 spiro atoms. The smallest absolute Gasteiger partial charge is 0.344 e. The normalized spacial score (nSPS) is 10.9. The number of anilines is 1. The van der Waals surface area contributed by atoms with Crippen molar-refractivity contribution in [2.24, 2.45) is 0 Å². The van der Waals surface area contributed by atoms with Gasteiger partial charge in [-0.1, -0.05) is 54.6 Å². The maximum atomic E-state index is 12.7. The molecule has 0 saturated carbocycles. The summed E-state index contributed by atoms with van der Waals surface area (Å²) in [6, 6.07) is 25.2. The van der Waals surface area contributed by atoms with Gasteiger partial charge in [0.05, 0.1) is 16.2 Å². The Hall–Kier alpha value is -5.29. The largest absolute Gasteiger partial charge is 0.423 e. The van der Waals surface area contributed by atoms with Crippen molar-refractivity contribution < 1.29 is 19.2 Å². The number of hydrogen-bond donors (Lipinski definition) is 1. The summed E-state index contributed by atoms with van der Waals surface area (Å²) in [4.78, 5) is 35.8. The highest BCUT2D eigenvalue weighted by atomic mass is 16.6. The fourth-order valence-corrected chi connectivity index (χ4v) is 3.56. The molecule has 0 aliphatic heterocycles. The van der Waals surface area contributed by atoms with E-state index in [1.54, 1.807) is 43.3 Å². The minimum absolute atomic E-state index is 0.174. The van der Waals surface area contributed by atoms with Crippen molar-refractivity contribution in [2.45, 2.75) is 6.92 Å². The van der Waals surface area contributed by atoms with E-state index in [9.17, 15) is 25.0 Å². The molecule has 0 aliphatic rings. The first-order valence-corrected chi connectivity index (χ1v) is 10.8. The van der Waals surface area contributed by atoms with Gasteiger partial charge in [-0.05, 0) is 53.1 Å².